The third-order valence-corrected chi connectivity index (χ3v) is 4.95. The monoisotopic (exact) mass is 333 g/mol. The summed E-state index contributed by atoms with van der Waals surface area (Å²) in [4.78, 5) is 28.9. The first-order valence-electron chi connectivity index (χ1n) is 8.83. The predicted octanol–water partition coefficient (Wildman–Crippen LogP) is 0.516. The van der Waals surface area contributed by atoms with Crippen molar-refractivity contribution in [3.63, 3.8) is 0 Å². The molecule has 1 aromatic rings. The van der Waals surface area contributed by atoms with Crippen molar-refractivity contribution in [2.75, 3.05) is 40.3 Å². The Hall–Kier alpha value is -1.66. The van der Waals surface area contributed by atoms with E-state index in [1.54, 1.807) is 6.07 Å². The fourth-order valence-corrected chi connectivity index (χ4v) is 3.54. The Kier molecular flexibility index (Phi) is 5.36. The van der Waals surface area contributed by atoms with E-state index in [4.69, 9.17) is 4.74 Å². The van der Waals surface area contributed by atoms with Gasteiger partial charge in [0.1, 0.15) is 6.10 Å². The summed E-state index contributed by atoms with van der Waals surface area (Å²) in [5.74, 6) is 0.113. The molecule has 6 nitrogen and oxygen atoms in total. The minimum absolute atomic E-state index is 0.0505. The van der Waals surface area contributed by atoms with Crippen molar-refractivity contribution in [1.29, 1.82) is 0 Å². The lowest BCUT2D eigenvalue weighted by Gasteiger charge is -2.23. The lowest BCUT2D eigenvalue weighted by molar-refractivity contribution is -0.140. The van der Waals surface area contributed by atoms with Crippen LogP contribution in [0.2, 0.25) is 0 Å². The maximum atomic E-state index is 12.6. The SMILES string of the molecule is CN(C)CCn1c2c(ccc1=O)CCN(C(=O)[C@@H]1CCCO1)CC2. The normalized spacial score (nSPS) is 21.0. The summed E-state index contributed by atoms with van der Waals surface area (Å²) in [6.45, 7) is 3.58. The first kappa shape index (κ1) is 17.2. The maximum Gasteiger partial charge on any atom is 0.251 e. The van der Waals surface area contributed by atoms with Gasteiger partial charge in [0.05, 0.1) is 0 Å². The minimum Gasteiger partial charge on any atom is -0.368 e. The molecule has 0 saturated carbocycles. The van der Waals surface area contributed by atoms with Gasteiger partial charge < -0.3 is 19.1 Å². The number of carbonyl (C=O) groups is 1. The van der Waals surface area contributed by atoms with Crippen LogP contribution in [0.1, 0.15) is 24.1 Å². The largest absolute Gasteiger partial charge is 0.368 e. The molecule has 132 valence electrons. The molecule has 1 aromatic heterocycles. The van der Waals surface area contributed by atoms with Crippen LogP contribution in [0.3, 0.4) is 0 Å². The molecule has 0 aliphatic carbocycles. The molecule has 2 aliphatic heterocycles. The first-order chi connectivity index (χ1) is 11.6. The van der Waals surface area contributed by atoms with E-state index in [0.717, 1.165) is 37.9 Å². The Labute approximate surface area is 143 Å². The zero-order valence-electron chi connectivity index (χ0n) is 14.7. The molecule has 0 aromatic carbocycles. The van der Waals surface area contributed by atoms with Gasteiger partial charge in [-0.25, -0.2) is 0 Å². The van der Waals surface area contributed by atoms with E-state index < -0.39 is 0 Å². The summed E-state index contributed by atoms with van der Waals surface area (Å²) in [6, 6.07) is 3.59. The standard InChI is InChI=1S/C18H27N3O3/c1-19(2)11-12-21-15-8-10-20(18(23)16-4-3-13-24-16)9-7-14(15)5-6-17(21)22/h5-6,16H,3-4,7-13H2,1-2H3/t16-/m0/s1. The van der Waals surface area contributed by atoms with Crippen molar-refractivity contribution in [2.45, 2.75) is 38.3 Å². The molecule has 0 spiro atoms. The summed E-state index contributed by atoms with van der Waals surface area (Å²) in [5, 5.41) is 0. The van der Waals surface area contributed by atoms with Crippen LogP contribution < -0.4 is 5.56 Å². The Morgan fingerprint density at radius 1 is 1.29 bits per heavy atom. The number of fused-ring (bicyclic) bond motifs is 1. The molecule has 1 amide bonds. The zero-order chi connectivity index (χ0) is 17.1. The minimum atomic E-state index is -0.262. The van der Waals surface area contributed by atoms with Gasteiger partial charge in [0.2, 0.25) is 0 Å². The molecule has 0 bridgehead atoms. The molecule has 3 rings (SSSR count). The van der Waals surface area contributed by atoms with Gasteiger partial charge in [-0.1, -0.05) is 6.07 Å². The van der Waals surface area contributed by atoms with Crippen LogP contribution in [0.15, 0.2) is 16.9 Å². The first-order valence-corrected chi connectivity index (χ1v) is 8.83. The highest BCUT2D eigenvalue weighted by Gasteiger charge is 2.29. The zero-order valence-corrected chi connectivity index (χ0v) is 14.7. The number of ether oxygens (including phenoxy) is 1. The van der Waals surface area contributed by atoms with Gasteiger partial charge in [-0.3, -0.25) is 9.59 Å². The van der Waals surface area contributed by atoms with Crippen LogP contribution in [-0.4, -0.2) is 66.7 Å². The third-order valence-electron chi connectivity index (χ3n) is 4.95. The van der Waals surface area contributed by atoms with Crippen molar-refractivity contribution in [2.24, 2.45) is 0 Å². The van der Waals surface area contributed by atoms with E-state index in [2.05, 4.69) is 4.90 Å². The highest BCUT2D eigenvalue weighted by Crippen LogP contribution is 2.19. The molecule has 24 heavy (non-hydrogen) atoms. The van der Waals surface area contributed by atoms with Crippen LogP contribution in [0, 0.1) is 0 Å². The molecular weight excluding hydrogens is 306 g/mol. The van der Waals surface area contributed by atoms with E-state index in [9.17, 15) is 9.59 Å². The predicted molar refractivity (Wildman–Crippen MR) is 92.2 cm³/mol. The van der Waals surface area contributed by atoms with Crippen LogP contribution in [-0.2, 0) is 28.9 Å². The van der Waals surface area contributed by atoms with Crippen molar-refractivity contribution in [3.05, 3.63) is 33.7 Å². The molecular formula is C18H27N3O3. The Bertz CT molecular complexity index is 647. The van der Waals surface area contributed by atoms with E-state index in [-0.39, 0.29) is 17.6 Å². The Morgan fingerprint density at radius 3 is 2.79 bits per heavy atom. The molecule has 0 radical (unpaired) electrons. The van der Waals surface area contributed by atoms with Gasteiger partial charge in [0.25, 0.3) is 11.5 Å². The van der Waals surface area contributed by atoms with Crippen LogP contribution >= 0.6 is 0 Å². The van der Waals surface area contributed by atoms with Gasteiger partial charge in [0, 0.05) is 51.0 Å². The van der Waals surface area contributed by atoms with E-state index in [1.807, 2.05) is 29.6 Å². The number of aromatic nitrogens is 1. The fourth-order valence-electron chi connectivity index (χ4n) is 3.54. The van der Waals surface area contributed by atoms with E-state index in [1.165, 1.54) is 5.56 Å². The third kappa shape index (κ3) is 3.70. The van der Waals surface area contributed by atoms with Gasteiger partial charge in [-0.2, -0.15) is 0 Å². The van der Waals surface area contributed by atoms with Crippen molar-refractivity contribution in [3.8, 4) is 0 Å². The smallest absolute Gasteiger partial charge is 0.251 e. The van der Waals surface area contributed by atoms with Crippen molar-refractivity contribution in [1.82, 2.24) is 14.4 Å². The average molecular weight is 333 g/mol. The molecule has 1 atom stereocenters. The number of carbonyl (C=O) groups excluding carboxylic acids is 1. The van der Waals surface area contributed by atoms with Crippen molar-refractivity contribution < 1.29 is 9.53 Å². The summed E-state index contributed by atoms with van der Waals surface area (Å²) < 4.78 is 7.43. The summed E-state index contributed by atoms with van der Waals surface area (Å²) >= 11 is 0. The second-order valence-electron chi connectivity index (χ2n) is 6.93. The lowest BCUT2D eigenvalue weighted by atomic mass is 10.1. The maximum absolute atomic E-state index is 12.6. The van der Waals surface area contributed by atoms with Gasteiger partial charge in [-0.05, 0) is 38.9 Å². The van der Waals surface area contributed by atoms with Crippen LogP contribution in [0.25, 0.3) is 0 Å². The number of hydrogen-bond donors (Lipinski definition) is 0. The fraction of sp³-hybridized carbons (Fsp3) is 0.667. The van der Waals surface area contributed by atoms with Crippen molar-refractivity contribution >= 4 is 5.91 Å². The summed E-state index contributed by atoms with van der Waals surface area (Å²) in [6.07, 6.45) is 3.07. The number of nitrogens with zero attached hydrogens (tertiary/aromatic N) is 3. The number of likely N-dealkylation sites (N-methyl/N-ethyl adjacent to an activating group) is 1. The molecule has 2 aliphatic rings. The Balaban J connectivity index is 1.76. The highest BCUT2D eigenvalue weighted by atomic mass is 16.5. The number of rotatable bonds is 4. The van der Waals surface area contributed by atoms with Gasteiger partial charge >= 0.3 is 0 Å². The van der Waals surface area contributed by atoms with E-state index >= 15 is 0 Å². The van der Waals surface area contributed by atoms with Crippen LogP contribution in [0.4, 0.5) is 0 Å². The highest BCUT2D eigenvalue weighted by molar-refractivity contribution is 5.81. The number of pyridine rings is 1. The molecule has 0 N–H and O–H groups in total. The molecule has 0 unspecified atom stereocenters. The second-order valence-corrected chi connectivity index (χ2v) is 6.93. The molecule has 3 heterocycles. The number of hydrogen-bond acceptors (Lipinski definition) is 4. The Morgan fingerprint density at radius 2 is 2.08 bits per heavy atom. The second kappa shape index (κ2) is 7.49. The van der Waals surface area contributed by atoms with Gasteiger partial charge in [0.15, 0.2) is 0 Å². The lowest BCUT2D eigenvalue weighted by Crippen LogP contribution is -2.40. The number of amides is 1. The van der Waals surface area contributed by atoms with Crippen LogP contribution in [0.5, 0.6) is 0 Å². The molecule has 1 fully saturated rings. The summed E-state index contributed by atoms with van der Waals surface area (Å²) in [7, 11) is 4.02. The topological polar surface area (TPSA) is 54.8 Å². The van der Waals surface area contributed by atoms with Gasteiger partial charge in [-0.15, -0.1) is 0 Å². The summed E-state index contributed by atoms with van der Waals surface area (Å²) in [5.41, 5.74) is 2.33. The quantitative estimate of drug-likeness (QED) is 0.806. The molecule has 6 heteroatoms. The molecule has 1 saturated heterocycles. The average Bonchev–Trinajstić information content (AvgIpc) is 3.00. The van der Waals surface area contributed by atoms with E-state index in [0.29, 0.717) is 26.2 Å².